The molecule has 92 valence electrons. The Bertz CT molecular complexity index is 400. The normalized spacial score (nSPS) is 23.1. The standard InChI is InChI=1S/C7H8F3NO4S/c8-7(9,10)4-15-6(12)11-5-1-2-16(13,14)3-5/h1-2,5H,3-4H2,(H,11,12). The van der Waals surface area contributed by atoms with E-state index < -0.39 is 34.8 Å². The zero-order chi connectivity index (χ0) is 12.4. The zero-order valence-corrected chi connectivity index (χ0v) is 8.64. The average Bonchev–Trinajstić information content (AvgIpc) is 2.41. The molecular weight excluding hydrogens is 251 g/mol. The summed E-state index contributed by atoms with van der Waals surface area (Å²) >= 11 is 0. The van der Waals surface area contributed by atoms with E-state index in [1.165, 1.54) is 6.08 Å². The fourth-order valence-electron chi connectivity index (χ4n) is 1.01. The molecule has 1 unspecified atom stereocenters. The van der Waals surface area contributed by atoms with Gasteiger partial charge in [0.15, 0.2) is 16.4 Å². The van der Waals surface area contributed by atoms with Crippen molar-refractivity contribution >= 4 is 15.9 Å². The number of hydrogen-bond acceptors (Lipinski definition) is 4. The van der Waals surface area contributed by atoms with Crippen LogP contribution < -0.4 is 5.32 Å². The van der Waals surface area contributed by atoms with Crippen LogP contribution in [0.1, 0.15) is 0 Å². The van der Waals surface area contributed by atoms with Crippen LogP contribution in [0.25, 0.3) is 0 Å². The summed E-state index contributed by atoms with van der Waals surface area (Å²) in [6.07, 6.45) is -4.73. The van der Waals surface area contributed by atoms with Crippen molar-refractivity contribution in [1.82, 2.24) is 5.32 Å². The summed E-state index contributed by atoms with van der Waals surface area (Å²) < 4.78 is 60.5. The maximum absolute atomic E-state index is 11.6. The van der Waals surface area contributed by atoms with Crippen molar-refractivity contribution in [3.63, 3.8) is 0 Å². The van der Waals surface area contributed by atoms with E-state index in [4.69, 9.17) is 0 Å². The topological polar surface area (TPSA) is 72.5 Å². The van der Waals surface area contributed by atoms with E-state index in [2.05, 4.69) is 4.74 Å². The van der Waals surface area contributed by atoms with Crippen LogP contribution in [0.15, 0.2) is 11.5 Å². The quantitative estimate of drug-likeness (QED) is 0.787. The largest absolute Gasteiger partial charge is 0.440 e. The number of ether oxygens (including phenoxy) is 1. The Hall–Kier alpha value is -1.25. The minimum Gasteiger partial charge on any atom is -0.440 e. The molecule has 0 spiro atoms. The molecular formula is C7H8F3NO4S. The Morgan fingerprint density at radius 1 is 1.50 bits per heavy atom. The summed E-state index contributed by atoms with van der Waals surface area (Å²) in [5.41, 5.74) is 0. The molecule has 0 radical (unpaired) electrons. The van der Waals surface area contributed by atoms with Crippen LogP contribution in [0, 0.1) is 0 Å². The number of hydrogen-bond donors (Lipinski definition) is 1. The third-order valence-electron chi connectivity index (χ3n) is 1.60. The number of carbonyl (C=O) groups is 1. The van der Waals surface area contributed by atoms with Crippen LogP contribution in [-0.2, 0) is 14.6 Å². The molecule has 1 N–H and O–H groups in total. The minimum atomic E-state index is -4.60. The summed E-state index contributed by atoms with van der Waals surface area (Å²) in [5, 5.41) is 2.87. The minimum absolute atomic E-state index is 0.367. The second-order valence-electron chi connectivity index (χ2n) is 3.10. The Kier molecular flexibility index (Phi) is 3.46. The molecule has 1 heterocycles. The van der Waals surface area contributed by atoms with Gasteiger partial charge >= 0.3 is 12.3 Å². The lowest BCUT2D eigenvalue weighted by Gasteiger charge is -2.11. The first-order valence-corrected chi connectivity index (χ1v) is 5.80. The van der Waals surface area contributed by atoms with Gasteiger partial charge in [-0.25, -0.2) is 13.2 Å². The molecule has 1 rings (SSSR count). The molecule has 0 fully saturated rings. The van der Waals surface area contributed by atoms with Crippen LogP contribution in [0.4, 0.5) is 18.0 Å². The molecule has 0 saturated carbocycles. The molecule has 1 aliphatic heterocycles. The number of alkyl halides is 3. The van der Waals surface area contributed by atoms with Crippen LogP contribution in [0.2, 0.25) is 0 Å². The van der Waals surface area contributed by atoms with Gasteiger partial charge in [-0.2, -0.15) is 13.2 Å². The first-order valence-electron chi connectivity index (χ1n) is 4.09. The SMILES string of the molecule is O=C(NC1C=CS(=O)(=O)C1)OCC(F)(F)F. The van der Waals surface area contributed by atoms with Gasteiger partial charge in [-0.1, -0.05) is 0 Å². The summed E-state index contributed by atoms with van der Waals surface area (Å²) in [6, 6.07) is -0.842. The first-order chi connectivity index (χ1) is 7.18. The van der Waals surface area contributed by atoms with Crippen molar-refractivity contribution in [2.45, 2.75) is 12.2 Å². The molecule has 1 amide bonds. The number of halogens is 3. The van der Waals surface area contributed by atoms with Crippen LogP contribution in [0.5, 0.6) is 0 Å². The highest BCUT2D eigenvalue weighted by Crippen LogP contribution is 2.14. The Morgan fingerprint density at radius 2 is 2.12 bits per heavy atom. The van der Waals surface area contributed by atoms with Crippen molar-refractivity contribution in [1.29, 1.82) is 0 Å². The molecule has 1 atom stereocenters. The molecule has 1 aliphatic rings. The van der Waals surface area contributed by atoms with E-state index in [0.29, 0.717) is 0 Å². The number of rotatable bonds is 2. The summed E-state index contributed by atoms with van der Waals surface area (Å²) in [4.78, 5) is 10.8. The highest BCUT2D eigenvalue weighted by atomic mass is 32.2. The van der Waals surface area contributed by atoms with Crippen LogP contribution in [0.3, 0.4) is 0 Å². The third kappa shape index (κ3) is 4.51. The second-order valence-corrected chi connectivity index (χ2v) is 5.03. The Morgan fingerprint density at radius 3 is 2.56 bits per heavy atom. The van der Waals surface area contributed by atoms with Gasteiger partial charge in [0.1, 0.15) is 0 Å². The lowest BCUT2D eigenvalue weighted by Crippen LogP contribution is -2.37. The molecule has 16 heavy (non-hydrogen) atoms. The van der Waals surface area contributed by atoms with Crippen molar-refractivity contribution in [2.24, 2.45) is 0 Å². The number of amides is 1. The second kappa shape index (κ2) is 4.32. The predicted octanol–water partition coefficient (Wildman–Crippen LogP) is 0.586. The average molecular weight is 259 g/mol. The smallest absolute Gasteiger partial charge is 0.422 e. The Balaban J connectivity index is 2.35. The number of carbonyl (C=O) groups excluding carboxylic acids is 1. The van der Waals surface area contributed by atoms with E-state index in [-0.39, 0.29) is 5.75 Å². The maximum Gasteiger partial charge on any atom is 0.422 e. The fraction of sp³-hybridized carbons (Fsp3) is 0.571. The highest BCUT2D eigenvalue weighted by molar-refractivity contribution is 7.94. The van der Waals surface area contributed by atoms with E-state index in [1.54, 1.807) is 0 Å². The lowest BCUT2D eigenvalue weighted by molar-refractivity contribution is -0.160. The summed E-state index contributed by atoms with van der Waals surface area (Å²) in [6.45, 7) is -1.71. The molecule has 0 saturated heterocycles. The molecule has 0 aromatic rings. The molecule has 0 aromatic heterocycles. The van der Waals surface area contributed by atoms with Gasteiger partial charge in [-0.05, 0) is 6.08 Å². The highest BCUT2D eigenvalue weighted by Gasteiger charge is 2.30. The molecule has 0 bridgehead atoms. The zero-order valence-electron chi connectivity index (χ0n) is 7.82. The van der Waals surface area contributed by atoms with Gasteiger partial charge in [-0.15, -0.1) is 0 Å². The van der Waals surface area contributed by atoms with E-state index >= 15 is 0 Å². The van der Waals surface area contributed by atoms with Crippen molar-refractivity contribution in [3.05, 3.63) is 11.5 Å². The fourth-order valence-corrected chi connectivity index (χ4v) is 2.24. The number of nitrogens with one attached hydrogen (secondary N) is 1. The first kappa shape index (κ1) is 12.8. The van der Waals surface area contributed by atoms with E-state index in [1.807, 2.05) is 5.32 Å². The summed E-state index contributed by atoms with van der Waals surface area (Å²) in [7, 11) is -3.36. The van der Waals surface area contributed by atoms with Gasteiger partial charge in [0.05, 0.1) is 11.8 Å². The number of sulfone groups is 1. The third-order valence-corrected chi connectivity index (χ3v) is 3.00. The van der Waals surface area contributed by atoms with Crippen molar-refractivity contribution in [2.75, 3.05) is 12.4 Å². The van der Waals surface area contributed by atoms with Gasteiger partial charge in [0, 0.05) is 5.41 Å². The van der Waals surface area contributed by atoms with Gasteiger partial charge < -0.3 is 10.1 Å². The lowest BCUT2D eigenvalue weighted by atomic mass is 10.3. The van der Waals surface area contributed by atoms with Gasteiger partial charge in [-0.3, -0.25) is 0 Å². The predicted molar refractivity (Wildman–Crippen MR) is 47.3 cm³/mol. The summed E-state index contributed by atoms with van der Waals surface area (Å²) in [5.74, 6) is -0.367. The Labute approximate surface area is 89.2 Å². The van der Waals surface area contributed by atoms with Crippen LogP contribution in [-0.4, -0.2) is 39.1 Å². The van der Waals surface area contributed by atoms with E-state index in [0.717, 1.165) is 5.41 Å². The van der Waals surface area contributed by atoms with E-state index in [9.17, 15) is 26.4 Å². The monoisotopic (exact) mass is 259 g/mol. The molecule has 5 nitrogen and oxygen atoms in total. The van der Waals surface area contributed by atoms with Gasteiger partial charge in [0.25, 0.3) is 0 Å². The van der Waals surface area contributed by atoms with Gasteiger partial charge in [0.2, 0.25) is 0 Å². The molecule has 0 aliphatic carbocycles. The maximum atomic E-state index is 11.6. The molecule has 9 heteroatoms. The molecule has 0 aromatic carbocycles. The van der Waals surface area contributed by atoms with Crippen LogP contribution >= 0.6 is 0 Å². The van der Waals surface area contributed by atoms with Crippen molar-refractivity contribution < 1.29 is 31.1 Å². The van der Waals surface area contributed by atoms with Crippen molar-refractivity contribution in [3.8, 4) is 0 Å². The number of alkyl carbamates (subject to hydrolysis) is 1.